The van der Waals surface area contributed by atoms with Gasteiger partial charge < -0.3 is 14.8 Å². The van der Waals surface area contributed by atoms with Crippen molar-refractivity contribution in [2.75, 3.05) is 26.2 Å². The number of carbonyl (C=O) groups excluding carboxylic acids is 1. The van der Waals surface area contributed by atoms with Crippen LogP contribution in [0.3, 0.4) is 0 Å². The number of aromatic nitrogens is 1. The van der Waals surface area contributed by atoms with E-state index in [-0.39, 0.29) is 11.7 Å². The van der Waals surface area contributed by atoms with Crippen LogP contribution in [0, 0.1) is 5.82 Å². The number of nitrogens with zero attached hydrogens (tertiary/aromatic N) is 1. The highest BCUT2D eigenvalue weighted by Gasteiger charge is 2.26. The molecule has 0 radical (unpaired) electrons. The summed E-state index contributed by atoms with van der Waals surface area (Å²) in [5, 5.41) is 0. The van der Waals surface area contributed by atoms with Crippen LogP contribution >= 0.6 is 11.3 Å². The summed E-state index contributed by atoms with van der Waals surface area (Å²) < 4.78 is 14.2. The molecule has 0 saturated carbocycles. The van der Waals surface area contributed by atoms with Gasteiger partial charge in [0.25, 0.3) is 5.91 Å². The van der Waals surface area contributed by atoms with E-state index in [1.165, 1.54) is 27.5 Å². The third-order valence-electron chi connectivity index (χ3n) is 5.72. The van der Waals surface area contributed by atoms with Gasteiger partial charge in [-0.1, -0.05) is 42.5 Å². The molecule has 6 heteroatoms. The number of carbonyl (C=O) groups is 1. The van der Waals surface area contributed by atoms with Gasteiger partial charge in [-0.3, -0.25) is 4.79 Å². The summed E-state index contributed by atoms with van der Waals surface area (Å²) in [6, 6.07) is 21.1. The van der Waals surface area contributed by atoms with Gasteiger partial charge in [0.05, 0.1) is 36.4 Å². The molecule has 3 heterocycles. The number of hydrogen-bond acceptors (Lipinski definition) is 2. The first-order valence-corrected chi connectivity index (χ1v) is 11.0. The van der Waals surface area contributed by atoms with Gasteiger partial charge in [0.1, 0.15) is 18.1 Å². The second-order valence-electron chi connectivity index (χ2n) is 7.78. The van der Waals surface area contributed by atoms with Gasteiger partial charge in [-0.15, -0.1) is 11.3 Å². The molecule has 0 atom stereocenters. The van der Waals surface area contributed by atoms with E-state index < -0.39 is 0 Å². The number of thiophene rings is 1. The van der Waals surface area contributed by atoms with Crippen molar-refractivity contribution in [1.29, 1.82) is 0 Å². The van der Waals surface area contributed by atoms with Gasteiger partial charge in [-0.25, -0.2) is 4.39 Å². The van der Waals surface area contributed by atoms with Crippen LogP contribution < -0.4 is 4.90 Å². The Kier molecular flexibility index (Phi) is 5.11. The summed E-state index contributed by atoms with van der Waals surface area (Å²) in [6.07, 6.45) is 0. The van der Waals surface area contributed by atoms with E-state index in [0.717, 1.165) is 48.5 Å². The smallest absolute Gasteiger partial charge is 0.270 e. The largest absolute Gasteiger partial charge is 0.350 e. The minimum absolute atomic E-state index is 0.0699. The van der Waals surface area contributed by atoms with Gasteiger partial charge in [0.2, 0.25) is 0 Å². The normalized spacial score (nSPS) is 15.0. The van der Waals surface area contributed by atoms with Crippen LogP contribution in [0.4, 0.5) is 4.39 Å². The minimum Gasteiger partial charge on any atom is -0.350 e. The van der Waals surface area contributed by atoms with E-state index in [2.05, 4.69) is 23.2 Å². The molecule has 1 aliphatic heterocycles. The summed E-state index contributed by atoms with van der Waals surface area (Å²) in [5.74, 6) is -0.133. The van der Waals surface area contributed by atoms with Crippen molar-refractivity contribution in [3.63, 3.8) is 0 Å². The number of benzene rings is 2. The van der Waals surface area contributed by atoms with Crippen LogP contribution in [0.1, 0.15) is 16.1 Å². The molecule has 4 aromatic rings. The summed E-state index contributed by atoms with van der Waals surface area (Å²) in [5.41, 5.74) is 4.01. The maximum atomic E-state index is 13.1. The monoisotopic (exact) mass is 420 g/mol. The Hall–Kier alpha value is -2.96. The molecule has 30 heavy (non-hydrogen) atoms. The molecular formula is C24H23FN3OS+. The average Bonchev–Trinajstić information content (AvgIpc) is 3.36. The molecule has 0 bridgehead atoms. The molecule has 1 saturated heterocycles. The molecule has 1 aliphatic rings. The van der Waals surface area contributed by atoms with Crippen molar-refractivity contribution in [2.24, 2.45) is 0 Å². The molecule has 152 valence electrons. The van der Waals surface area contributed by atoms with Gasteiger partial charge in [-0.2, -0.15) is 0 Å². The number of quaternary nitrogens is 1. The summed E-state index contributed by atoms with van der Waals surface area (Å²) in [6.45, 7) is 4.13. The van der Waals surface area contributed by atoms with Gasteiger partial charge >= 0.3 is 0 Å². The maximum Gasteiger partial charge on any atom is 0.270 e. The fraction of sp³-hybridized carbons (Fsp3) is 0.208. The highest BCUT2D eigenvalue weighted by Crippen LogP contribution is 2.33. The maximum absolute atomic E-state index is 13.1. The first kappa shape index (κ1) is 19.0. The Morgan fingerprint density at radius 3 is 2.47 bits per heavy atom. The molecule has 2 N–H and O–H groups in total. The standard InChI is InChI=1S/C24H22FN3OS/c25-19-8-6-17(7-9-19)16-27-10-12-28(13-11-27)24(29)21-15-23-20(26-21)14-22(30-23)18-4-2-1-3-5-18/h1-9,14-15,26H,10-13,16H2/p+1. The van der Waals surface area contributed by atoms with Crippen LogP contribution in [0.5, 0.6) is 0 Å². The third kappa shape index (κ3) is 3.88. The number of halogens is 1. The van der Waals surface area contributed by atoms with E-state index >= 15 is 0 Å². The molecule has 5 rings (SSSR count). The lowest BCUT2D eigenvalue weighted by Crippen LogP contribution is -3.13. The molecule has 0 aliphatic carbocycles. The van der Waals surface area contributed by atoms with Crippen molar-refractivity contribution in [3.05, 3.63) is 83.8 Å². The lowest BCUT2D eigenvalue weighted by molar-refractivity contribution is -0.917. The number of hydrogen-bond donors (Lipinski definition) is 2. The lowest BCUT2D eigenvalue weighted by Gasteiger charge is -2.32. The molecule has 2 aromatic heterocycles. The third-order valence-corrected chi connectivity index (χ3v) is 6.85. The van der Waals surface area contributed by atoms with Crippen LogP contribution in [0.25, 0.3) is 20.7 Å². The molecule has 1 amide bonds. The Morgan fingerprint density at radius 2 is 1.77 bits per heavy atom. The molecule has 1 fully saturated rings. The number of aromatic amines is 1. The van der Waals surface area contributed by atoms with Crippen LogP contribution in [-0.4, -0.2) is 42.0 Å². The van der Waals surface area contributed by atoms with E-state index in [4.69, 9.17) is 0 Å². The van der Waals surface area contributed by atoms with Gasteiger partial charge in [0, 0.05) is 10.4 Å². The predicted molar refractivity (Wildman–Crippen MR) is 118 cm³/mol. The topological polar surface area (TPSA) is 40.5 Å². The Bertz CT molecular complexity index is 1130. The van der Waals surface area contributed by atoms with E-state index in [9.17, 15) is 9.18 Å². The van der Waals surface area contributed by atoms with Crippen molar-refractivity contribution in [1.82, 2.24) is 9.88 Å². The zero-order valence-electron chi connectivity index (χ0n) is 16.5. The van der Waals surface area contributed by atoms with Gasteiger partial charge in [0.15, 0.2) is 0 Å². The van der Waals surface area contributed by atoms with Gasteiger partial charge in [-0.05, 0) is 29.8 Å². The van der Waals surface area contributed by atoms with Crippen molar-refractivity contribution >= 4 is 27.5 Å². The lowest BCUT2D eigenvalue weighted by atomic mass is 10.2. The highest BCUT2D eigenvalue weighted by molar-refractivity contribution is 7.22. The number of nitrogens with one attached hydrogen (secondary N) is 2. The Labute approximate surface area is 178 Å². The number of amides is 1. The van der Waals surface area contributed by atoms with Crippen molar-refractivity contribution in [3.8, 4) is 10.4 Å². The average molecular weight is 421 g/mol. The van der Waals surface area contributed by atoms with Crippen LogP contribution in [-0.2, 0) is 6.54 Å². The quantitative estimate of drug-likeness (QED) is 0.521. The SMILES string of the molecule is O=C(c1cc2sc(-c3ccccc3)cc2[nH]1)N1CC[NH+](Cc2ccc(F)cc2)CC1. The zero-order valence-corrected chi connectivity index (χ0v) is 17.3. The van der Waals surface area contributed by atoms with Crippen LogP contribution in [0.15, 0.2) is 66.7 Å². The molecule has 0 spiro atoms. The fourth-order valence-corrected chi connectivity index (χ4v) is 5.11. The Morgan fingerprint density at radius 1 is 1.03 bits per heavy atom. The summed E-state index contributed by atoms with van der Waals surface area (Å²) in [7, 11) is 0. The Balaban J connectivity index is 1.22. The fourth-order valence-electron chi connectivity index (χ4n) is 4.05. The highest BCUT2D eigenvalue weighted by atomic mass is 32.1. The molecular weight excluding hydrogens is 397 g/mol. The molecule has 0 unspecified atom stereocenters. The number of piperazine rings is 1. The zero-order chi connectivity index (χ0) is 20.5. The second kappa shape index (κ2) is 8.05. The summed E-state index contributed by atoms with van der Waals surface area (Å²) >= 11 is 1.71. The van der Waals surface area contributed by atoms with Crippen molar-refractivity contribution in [2.45, 2.75) is 6.54 Å². The second-order valence-corrected chi connectivity index (χ2v) is 8.87. The summed E-state index contributed by atoms with van der Waals surface area (Å²) in [4.78, 5) is 20.8. The number of H-pyrrole nitrogens is 1. The minimum atomic E-state index is -0.203. The number of fused-ring (bicyclic) bond motifs is 1. The first-order chi connectivity index (χ1) is 14.7. The van der Waals surface area contributed by atoms with Crippen molar-refractivity contribution < 1.29 is 14.1 Å². The van der Waals surface area contributed by atoms with E-state index in [0.29, 0.717) is 5.69 Å². The molecule has 2 aromatic carbocycles. The van der Waals surface area contributed by atoms with E-state index in [1.54, 1.807) is 11.3 Å². The first-order valence-electron chi connectivity index (χ1n) is 10.2. The predicted octanol–water partition coefficient (Wildman–Crippen LogP) is 3.58. The van der Waals surface area contributed by atoms with Crippen LogP contribution in [0.2, 0.25) is 0 Å². The number of rotatable bonds is 4. The molecule has 4 nitrogen and oxygen atoms in total. The van der Waals surface area contributed by atoms with E-state index in [1.807, 2.05) is 41.3 Å².